The Bertz CT molecular complexity index is 478. The Morgan fingerprint density at radius 1 is 1.55 bits per heavy atom. The van der Waals surface area contributed by atoms with Crippen LogP contribution in [-0.4, -0.2) is 46.6 Å². The molecule has 0 atom stereocenters. The molecular formula is C13H22N4O3. The van der Waals surface area contributed by atoms with E-state index in [9.17, 15) is 9.90 Å². The third-order valence-electron chi connectivity index (χ3n) is 3.76. The van der Waals surface area contributed by atoms with E-state index in [0.29, 0.717) is 31.7 Å². The van der Waals surface area contributed by atoms with E-state index in [1.54, 1.807) is 0 Å². The van der Waals surface area contributed by atoms with Crippen molar-refractivity contribution in [2.75, 3.05) is 25.6 Å². The number of amides is 1. The zero-order valence-corrected chi connectivity index (χ0v) is 11.9. The number of nitrogen functional groups attached to an aromatic ring is 1. The summed E-state index contributed by atoms with van der Waals surface area (Å²) in [6, 6.07) is 0. The molecule has 7 heteroatoms. The van der Waals surface area contributed by atoms with Gasteiger partial charge in [0.15, 0.2) is 5.69 Å². The van der Waals surface area contributed by atoms with Gasteiger partial charge in [0.25, 0.3) is 5.91 Å². The summed E-state index contributed by atoms with van der Waals surface area (Å²) in [5.74, 6) is -0.194. The highest BCUT2D eigenvalue weighted by atomic mass is 16.5. The minimum atomic E-state index is -0.640. The third kappa shape index (κ3) is 2.78. The molecule has 0 saturated carbocycles. The number of nitrogens with zero attached hydrogens (tertiary/aromatic N) is 1. The van der Waals surface area contributed by atoms with E-state index in [-0.39, 0.29) is 24.1 Å². The molecule has 20 heavy (non-hydrogen) atoms. The van der Waals surface area contributed by atoms with Crippen LogP contribution >= 0.6 is 0 Å². The summed E-state index contributed by atoms with van der Waals surface area (Å²) in [5.41, 5.74) is 6.62. The van der Waals surface area contributed by atoms with Crippen molar-refractivity contribution in [3.05, 3.63) is 11.4 Å². The number of hydrogen-bond donors (Lipinski definition) is 4. The summed E-state index contributed by atoms with van der Waals surface area (Å²) in [6.07, 6.45) is 1.16. The van der Waals surface area contributed by atoms with Crippen molar-refractivity contribution >= 4 is 11.6 Å². The minimum absolute atomic E-state index is 0.122. The van der Waals surface area contributed by atoms with Crippen LogP contribution < -0.4 is 11.1 Å². The van der Waals surface area contributed by atoms with Gasteiger partial charge >= 0.3 is 0 Å². The molecule has 112 valence electrons. The number of carbonyl (C=O) groups is 1. The molecule has 2 heterocycles. The van der Waals surface area contributed by atoms with Crippen LogP contribution in [0.2, 0.25) is 0 Å². The molecule has 0 spiro atoms. The van der Waals surface area contributed by atoms with Crippen molar-refractivity contribution in [2.24, 2.45) is 0 Å². The van der Waals surface area contributed by atoms with E-state index >= 15 is 0 Å². The van der Waals surface area contributed by atoms with Crippen LogP contribution in [0.4, 0.5) is 5.69 Å². The van der Waals surface area contributed by atoms with Gasteiger partial charge in [0, 0.05) is 13.2 Å². The zero-order chi connectivity index (χ0) is 14.8. The number of carbonyl (C=O) groups excluding carboxylic acids is 1. The predicted octanol–water partition coefficient (Wildman–Crippen LogP) is 0.387. The van der Waals surface area contributed by atoms with Gasteiger partial charge in [-0.05, 0) is 18.8 Å². The second-order valence-electron chi connectivity index (χ2n) is 5.56. The van der Waals surface area contributed by atoms with Crippen molar-refractivity contribution in [3.8, 4) is 0 Å². The second-order valence-corrected chi connectivity index (χ2v) is 5.56. The number of aromatic amines is 1. The lowest BCUT2D eigenvalue weighted by Gasteiger charge is -2.36. The average molecular weight is 282 g/mol. The van der Waals surface area contributed by atoms with Crippen LogP contribution in [-0.2, 0) is 4.74 Å². The molecule has 1 saturated heterocycles. The summed E-state index contributed by atoms with van der Waals surface area (Å²) in [7, 11) is 0. The van der Waals surface area contributed by atoms with E-state index in [1.165, 1.54) is 0 Å². The highest BCUT2D eigenvalue weighted by Crippen LogP contribution is 2.24. The fourth-order valence-corrected chi connectivity index (χ4v) is 2.36. The summed E-state index contributed by atoms with van der Waals surface area (Å²) < 4.78 is 5.26. The Labute approximate surface area is 117 Å². The van der Waals surface area contributed by atoms with Crippen LogP contribution in [0.5, 0.6) is 0 Å². The average Bonchev–Trinajstić information content (AvgIpc) is 2.82. The molecule has 0 unspecified atom stereocenters. The van der Waals surface area contributed by atoms with Crippen LogP contribution in [0.25, 0.3) is 0 Å². The number of nitrogens with one attached hydrogen (secondary N) is 2. The van der Waals surface area contributed by atoms with E-state index in [2.05, 4.69) is 15.5 Å². The van der Waals surface area contributed by atoms with Crippen LogP contribution in [0.3, 0.4) is 0 Å². The van der Waals surface area contributed by atoms with Crippen molar-refractivity contribution in [1.29, 1.82) is 0 Å². The molecule has 1 aliphatic rings. The molecule has 1 aliphatic heterocycles. The van der Waals surface area contributed by atoms with Gasteiger partial charge in [-0.2, -0.15) is 5.10 Å². The van der Waals surface area contributed by atoms with Gasteiger partial charge in [-0.3, -0.25) is 9.89 Å². The van der Waals surface area contributed by atoms with Crippen LogP contribution in [0.1, 0.15) is 48.8 Å². The topological polar surface area (TPSA) is 113 Å². The minimum Gasteiger partial charge on any atom is -0.395 e. The maximum atomic E-state index is 12.3. The molecule has 1 aromatic heterocycles. The number of H-pyrrole nitrogens is 1. The van der Waals surface area contributed by atoms with Gasteiger partial charge in [-0.25, -0.2) is 0 Å². The molecule has 0 aromatic carbocycles. The standard InChI is InChI=1S/C13H22N4O3/c1-8(2)10-9(14)11(17-16-10)12(19)15-13(7-18)3-5-20-6-4-13/h8,18H,3-7,14H2,1-2H3,(H,15,19)(H,16,17). The van der Waals surface area contributed by atoms with Gasteiger partial charge in [0.05, 0.1) is 23.5 Å². The van der Waals surface area contributed by atoms with Crippen LogP contribution in [0.15, 0.2) is 0 Å². The van der Waals surface area contributed by atoms with Crippen molar-refractivity contribution < 1.29 is 14.6 Å². The number of nitrogens with two attached hydrogens (primary N) is 1. The first-order valence-corrected chi connectivity index (χ1v) is 6.84. The molecule has 0 aliphatic carbocycles. The normalized spacial score (nSPS) is 18.2. The summed E-state index contributed by atoms with van der Waals surface area (Å²) in [6.45, 7) is 4.87. The first-order valence-electron chi connectivity index (χ1n) is 6.84. The molecule has 1 aromatic rings. The molecule has 7 nitrogen and oxygen atoms in total. The lowest BCUT2D eigenvalue weighted by Crippen LogP contribution is -2.54. The summed E-state index contributed by atoms with van der Waals surface area (Å²) >= 11 is 0. The van der Waals surface area contributed by atoms with Gasteiger partial charge in [0.2, 0.25) is 0 Å². The van der Waals surface area contributed by atoms with Gasteiger partial charge in [-0.1, -0.05) is 13.8 Å². The fourth-order valence-electron chi connectivity index (χ4n) is 2.36. The smallest absolute Gasteiger partial charge is 0.274 e. The Hall–Kier alpha value is -1.60. The molecule has 2 rings (SSSR count). The Balaban J connectivity index is 2.15. The van der Waals surface area contributed by atoms with Crippen molar-refractivity contribution in [1.82, 2.24) is 15.5 Å². The van der Waals surface area contributed by atoms with Crippen molar-refractivity contribution in [2.45, 2.75) is 38.1 Å². The Kier molecular flexibility index (Phi) is 4.29. The Morgan fingerprint density at radius 3 is 2.70 bits per heavy atom. The quantitative estimate of drug-likeness (QED) is 0.638. The summed E-state index contributed by atoms with van der Waals surface area (Å²) in [5, 5.41) is 19.2. The molecule has 0 radical (unpaired) electrons. The molecular weight excluding hydrogens is 260 g/mol. The first kappa shape index (κ1) is 14.8. The van der Waals surface area contributed by atoms with Gasteiger partial charge in [-0.15, -0.1) is 0 Å². The van der Waals surface area contributed by atoms with Crippen molar-refractivity contribution in [3.63, 3.8) is 0 Å². The monoisotopic (exact) mass is 282 g/mol. The largest absolute Gasteiger partial charge is 0.395 e. The molecule has 1 fully saturated rings. The number of aliphatic hydroxyl groups is 1. The van der Waals surface area contributed by atoms with E-state index < -0.39 is 5.54 Å². The van der Waals surface area contributed by atoms with Gasteiger partial charge < -0.3 is 20.9 Å². The number of ether oxygens (including phenoxy) is 1. The highest BCUT2D eigenvalue weighted by molar-refractivity contribution is 5.98. The molecule has 0 bridgehead atoms. The number of aliphatic hydroxyl groups excluding tert-OH is 1. The number of aromatic nitrogens is 2. The van der Waals surface area contributed by atoms with E-state index in [1.807, 2.05) is 13.8 Å². The predicted molar refractivity (Wildman–Crippen MR) is 74.4 cm³/mol. The number of anilines is 1. The third-order valence-corrected chi connectivity index (χ3v) is 3.76. The van der Waals surface area contributed by atoms with Gasteiger partial charge in [0.1, 0.15) is 0 Å². The maximum absolute atomic E-state index is 12.3. The Morgan fingerprint density at radius 2 is 2.20 bits per heavy atom. The second kappa shape index (κ2) is 5.80. The lowest BCUT2D eigenvalue weighted by molar-refractivity contribution is 0.0124. The lowest BCUT2D eigenvalue weighted by atomic mass is 9.90. The van der Waals surface area contributed by atoms with E-state index in [0.717, 1.165) is 5.69 Å². The fraction of sp³-hybridized carbons (Fsp3) is 0.692. The maximum Gasteiger partial charge on any atom is 0.274 e. The number of rotatable bonds is 4. The highest BCUT2D eigenvalue weighted by Gasteiger charge is 2.35. The molecule has 1 amide bonds. The van der Waals surface area contributed by atoms with Crippen LogP contribution in [0, 0.1) is 0 Å². The molecule has 5 N–H and O–H groups in total. The number of hydrogen-bond acceptors (Lipinski definition) is 5. The van der Waals surface area contributed by atoms with E-state index in [4.69, 9.17) is 10.5 Å². The SMILES string of the molecule is CC(C)c1[nH]nc(C(=O)NC2(CO)CCOCC2)c1N. The first-order chi connectivity index (χ1) is 9.49. The zero-order valence-electron chi connectivity index (χ0n) is 11.9. The summed E-state index contributed by atoms with van der Waals surface area (Å²) in [4.78, 5) is 12.3.